The number of hydrogen-bond acceptors (Lipinski definition) is 7. The third kappa shape index (κ3) is 7.16. The largest absolute Gasteiger partial charge is 0.508 e. The van der Waals surface area contributed by atoms with E-state index in [0.29, 0.717) is 19.5 Å². The van der Waals surface area contributed by atoms with Crippen molar-refractivity contribution in [2.45, 2.75) is 78.0 Å². The van der Waals surface area contributed by atoms with Crippen LogP contribution in [-0.4, -0.2) is 65.4 Å². The van der Waals surface area contributed by atoms with Gasteiger partial charge in [-0.15, -0.1) is 0 Å². The lowest BCUT2D eigenvalue weighted by Crippen LogP contribution is -2.44. The Morgan fingerprint density at radius 1 is 1.19 bits per heavy atom. The molecule has 1 amide bonds. The summed E-state index contributed by atoms with van der Waals surface area (Å²) in [5, 5.41) is 5.61. The van der Waals surface area contributed by atoms with Gasteiger partial charge in [-0.2, -0.15) is 5.10 Å². The second-order valence-corrected chi connectivity index (χ2v) is 11.7. The molecule has 0 saturated carbocycles. The van der Waals surface area contributed by atoms with Crippen molar-refractivity contribution in [3.05, 3.63) is 27.9 Å². The van der Waals surface area contributed by atoms with Gasteiger partial charge in [0, 0.05) is 41.9 Å². The number of rotatable bonds is 6. The zero-order chi connectivity index (χ0) is 26.6. The van der Waals surface area contributed by atoms with Crippen LogP contribution in [0.5, 0.6) is 0 Å². The number of fused-ring (bicyclic) bond motifs is 1. The minimum Gasteiger partial charge on any atom is -0.444 e. The summed E-state index contributed by atoms with van der Waals surface area (Å²) in [6.07, 6.45) is 6.31. The number of amides is 1. The van der Waals surface area contributed by atoms with Crippen LogP contribution < -0.4 is 0 Å². The molecule has 0 aliphatic carbocycles. The third-order valence-electron chi connectivity index (χ3n) is 6.77. The summed E-state index contributed by atoms with van der Waals surface area (Å²) in [6.45, 7) is 9.95. The molecule has 2 aliphatic heterocycles. The summed E-state index contributed by atoms with van der Waals surface area (Å²) in [5.41, 5.74) is 2.67. The normalized spacial score (nSPS) is 20.6. The summed E-state index contributed by atoms with van der Waals surface area (Å²) >= 11 is 3.75. The van der Waals surface area contributed by atoms with E-state index in [1.165, 1.54) is 0 Å². The van der Waals surface area contributed by atoms with Gasteiger partial charge in [0.25, 0.3) is 0 Å². The van der Waals surface area contributed by atoms with Gasteiger partial charge >= 0.3 is 12.2 Å². The van der Waals surface area contributed by atoms with Gasteiger partial charge in [0.15, 0.2) is 6.23 Å². The molecule has 2 aromatic rings. The first kappa shape index (κ1) is 27.7. The van der Waals surface area contributed by atoms with Crippen LogP contribution in [-0.2, 0) is 25.4 Å². The van der Waals surface area contributed by atoms with E-state index in [0.717, 1.165) is 65.2 Å². The van der Waals surface area contributed by atoms with Crippen molar-refractivity contribution in [3.63, 3.8) is 0 Å². The highest BCUT2D eigenvalue weighted by molar-refractivity contribution is 9.10. The minimum absolute atomic E-state index is 0.0260. The number of hydrogen-bond donors (Lipinski definition) is 0. The van der Waals surface area contributed by atoms with E-state index in [-0.39, 0.29) is 31.5 Å². The lowest BCUT2D eigenvalue weighted by atomic mass is 9.99. The number of carbonyl (C=O) groups is 2. The average molecular weight is 581 g/mol. The number of halogens is 1. The van der Waals surface area contributed by atoms with E-state index in [1.807, 2.05) is 31.6 Å². The van der Waals surface area contributed by atoms with Gasteiger partial charge in [-0.25, -0.2) is 14.3 Å². The Bertz CT molecular complexity index is 1110. The van der Waals surface area contributed by atoms with Crippen LogP contribution in [0.4, 0.5) is 9.59 Å². The Balaban J connectivity index is 1.26. The van der Waals surface area contributed by atoms with Crippen LogP contribution in [0.2, 0.25) is 0 Å². The number of ether oxygens (including phenoxy) is 4. The molecule has 0 bridgehead atoms. The van der Waals surface area contributed by atoms with Crippen molar-refractivity contribution in [2.75, 3.05) is 32.9 Å². The summed E-state index contributed by atoms with van der Waals surface area (Å²) in [7, 11) is 0. The summed E-state index contributed by atoms with van der Waals surface area (Å²) in [4.78, 5) is 26.3. The molecular formula is C27H38BrN3O6. The van der Waals surface area contributed by atoms with Crippen LogP contribution >= 0.6 is 15.9 Å². The fourth-order valence-corrected chi connectivity index (χ4v) is 5.74. The van der Waals surface area contributed by atoms with Gasteiger partial charge in [-0.05, 0) is 92.9 Å². The van der Waals surface area contributed by atoms with Gasteiger partial charge < -0.3 is 23.8 Å². The molecule has 9 nitrogen and oxygen atoms in total. The van der Waals surface area contributed by atoms with E-state index in [2.05, 4.69) is 34.0 Å². The Morgan fingerprint density at radius 3 is 2.73 bits per heavy atom. The van der Waals surface area contributed by atoms with E-state index in [1.54, 1.807) is 4.90 Å². The first-order valence-electron chi connectivity index (χ1n) is 13.2. The van der Waals surface area contributed by atoms with Crippen molar-refractivity contribution < 1.29 is 28.5 Å². The molecule has 204 valence electrons. The lowest BCUT2D eigenvalue weighted by Gasteiger charge is -2.33. The van der Waals surface area contributed by atoms with Crippen LogP contribution in [0.25, 0.3) is 10.9 Å². The molecule has 2 atom stereocenters. The topological polar surface area (TPSA) is 92.1 Å². The lowest BCUT2D eigenvalue weighted by molar-refractivity contribution is -0.0366. The number of benzene rings is 1. The number of piperidine rings is 1. The number of aryl methyl sites for hydroxylation is 1. The zero-order valence-corrected chi connectivity index (χ0v) is 23.8. The van der Waals surface area contributed by atoms with Crippen molar-refractivity contribution in [2.24, 2.45) is 5.92 Å². The first-order valence-corrected chi connectivity index (χ1v) is 14.0. The van der Waals surface area contributed by atoms with Crippen molar-refractivity contribution in [1.29, 1.82) is 0 Å². The quantitative estimate of drug-likeness (QED) is 0.379. The van der Waals surface area contributed by atoms with E-state index in [9.17, 15) is 9.59 Å². The molecule has 0 spiro atoms. The van der Waals surface area contributed by atoms with Crippen molar-refractivity contribution >= 4 is 39.1 Å². The van der Waals surface area contributed by atoms with Crippen LogP contribution in [0.1, 0.15) is 70.2 Å². The molecule has 2 aliphatic rings. The zero-order valence-electron chi connectivity index (χ0n) is 22.3. The molecule has 1 unspecified atom stereocenters. The first-order chi connectivity index (χ1) is 17.6. The molecule has 37 heavy (non-hydrogen) atoms. The Morgan fingerprint density at radius 2 is 2.00 bits per heavy atom. The number of nitrogens with zero attached hydrogens (tertiary/aromatic N) is 3. The summed E-state index contributed by atoms with van der Waals surface area (Å²) in [5.74, 6) is 0.0669. The SMILES string of the molecule is Cc1cc2c(cnn2C2CCCCO2)c(Br)c1CCOC(=O)OC[C@@H]1CCCN(C(=O)OC(C)(C)C)C1. The van der Waals surface area contributed by atoms with Gasteiger partial charge in [-0.3, -0.25) is 0 Å². The highest BCUT2D eigenvalue weighted by Crippen LogP contribution is 2.34. The maximum atomic E-state index is 12.3. The predicted molar refractivity (Wildman–Crippen MR) is 143 cm³/mol. The maximum Gasteiger partial charge on any atom is 0.508 e. The molecule has 2 fully saturated rings. The van der Waals surface area contributed by atoms with Gasteiger partial charge in [0.2, 0.25) is 0 Å². The monoisotopic (exact) mass is 579 g/mol. The second-order valence-electron chi connectivity index (χ2n) is 10.9. The van der Waals surface area contributed by atoms with E-state index >= 15 is 0 Å². The fourth-order valence-electron chi connectivity index (χ4n) is 4.92. The Kier molecular flexibility index (Phi) is 9.00. The van der Waals surface area contributed by atoms with Crippen molar-refractivity contribution in [3.8, 4) is 0 Å². The highest BCUT2D eigenvalue weighted by atomic mass is 79.9. The standard InChI is InChI=1S/C27H38BrN3O6/c1-18-14-22-21(15-29-31(22)23-9-5-6-12-34-23)24(28)20(18)10-13-35-26(33)36-17-19-8-7-11-30(16-19)25(32)37-27(2,3)4/h14-15,19,23H,5-13,16-17H2,1-4H3/t19-,23?/m1/s1. The molecule has 0 N–H and O–H groups in total. The predicted octanol–water partition coefficient (Wildman–Crippen LogP) is 6.15. The van der Waals surface area contributed by atoms with Gasteiger partial charge in [0.05, 0.1) is 24.9 Å². The maximum absolute atomic E-state index is 12.3. The molecule has 4 rings (SSSR count). The fraction of sp³-hybridized carbons (Fsp3) is 0.667. The second kappa shape index (κ2) is 12.0. The van der Waals surface area contributed by atoms with Gasteiger partial charge in [0.1, 0.15) is 5.60 Å². The Hall–Kier alpha value is -2.33. The van der Waals surface area contributed by atoms with Crippen LogP contribution in [0, 0.1) is 12.8 Å². The number of aromatic nitrogens is 2. The summed E-state index contributed by atoms with van der Waals surface area (Å²) in [6, 6.07) is 2.12. The van der Waals surface area contributed by atoms with Crippen molar-refractivity contribution in [1.82, 2.24) is 14.7 Å². The number of carbonyl (C=O) groups excluding carboxylic acids is 2. The van der Waals surface area contributed by atoms with Gasteiger partial charge in [-0.1, -0.05) is 0 Å². The molecular weight excluding hydrogens is 542 g/mol. The summed E-state index contributed by atoms with van der Waals surface area (Å²) < 4.78 is 25.1. The van der Waals surface area contributed by atoms with Crippen LogP contribution in [0.15, 0.2) is 16.7 Å². The number of likely N-dealkylation sites (tertiary alicyclic amines) is 1. The third-order valence-corrected chi connectivity index (χ3v) is 7.68. The smallest absolute Gasteiger partial charge is 0.444 e. The molecule has 1 aromatic carbocycles. The highest BCUT2D eigenvalue weighted by Gasteiger charge is 2.28. The molecule has 10 heteroatoms. The average Bonchev–Trinajstić information content (AvgIpc) is 3.28. The molecule has 1 aromatic heterocycles. The molecule has 2 saturated heterocycles. The van der Waals surface area contributed by atoms with E-state index in [4.69, 9.17) is 18.9 Å². The minimum atomic E-state index is -0.688. The van der Waals surface area contributed by atoms with E-state index < -0.39 is 11.8 Å². The van der Waals surface area contributed by atoms with Crippen LogP contribution in [0.3, 0.4) is 0 Å². The Labute approximate surface area is 226 Å². The molecule has 3 heterocycles. The molecule has 0 radical (unpaired) electrons.